The first-order valence-electron chi connectivity index (χ1n) is 3.57. The zero-order valence-electron chi connectivity index (χ0n) is 6.62. The molecule has 2 nitrogen and oxygen atoms in total. The second kappa shape index (κ2) is 3.34. The number of carbonyl (C=O) groups excluding carboxylic acids is 1. The summed E-state index contributed by atoms with van der Waals surface area (Å²) in [7, 11) is 0. The number of phenols is 1. The highest BCUT2D eigenvalue weighted by Crippen LogP contribution is 2.22. The second-order valence-electron chi connectivity index (χ2n) is 2.55. The Hall–Kier alpha value is -1.38. The molecule has 1 N–H and O–H groups in total. The molecule has 0 aromatic heterocycles. The molecule has 0 aliphatic carbocycles. The molecule has 0 heterocycles. The van der Waals surface area contributed by atoms with Crippen molar-refractivity contribution in [2.75, 3.05) is 0 Å². The van der Waals surface area contributed by atoms with Crippen molar-refractivity contribution in [2.24, 2.45) is 0 Å². The summed E-state index contributed by atoms with van der Waals surface area (Å²) in [6, 6.07) is 4.11. The summed E-state index contributed by atoms with van der Waals surface area (Å²) < 4.78 is 12.7. The molecule has 0 bridgehead atoms. The molecule has 64 valence electrons. The molecule has 0 aliphatic heterocycles. The Morgan fingerprint density at radius 1 is 1.58 bits per heavy atom. The third-order valence-electron chi connectivity index (χ3n) is 1.64. The number of carbonyl (C=O) groups is 1. The van der Waals surface area contributed by atoms with Gasteiger partial charge >= 0.3 is 0 Å². The molecule has 1 rings (SSSR count). The highest BCUT2D eigenvalue weighted by Gasteiger charge is 2.06. The third-order valence-corrected chi connectivity index (χ3v) is 1.64. The van der Waals surface area contributed by atoms with E-state index in [-0.39, 0.29) is 11.3 Å². The van der Waals surface area contributed by atoms with Crippen LogP contribution in [0.15, 0.2) is 18.2 Å². The van der Waals surface area contributed by atoms with Crippen molar-refractivity contribution in [3.63, 3.8) is 0 Å². The van der Waals surface area contributed by atoms with Crippen LogP contribution in [0.25, 0.3) is 0 Å². The van der Waals surface area contributed by atoms with Crippen LogP contribution in [0, 0.1) is 0 Å². The maximum Gasteiger partial charge on any atom is 0.153 e. The topological polar surface area (TPSA) is 37.3 Å². The predicted octanol–water partition coefficient (Wildman–Crippen LogP) is 2.24. The SMILES string of the molecule is CC(F)c1ccc(O)c(C=O)c1. The van der Waals surface area contributed by atoms with Crippen LogP contribution in [-0.4, -0.2) is 11.4 Å². The molecule has 0 radical (unpaired) electrons. The molecule has 1 aromatic rings. The first-order valence-corrected chi connectivity index (χ1v) is 3.57. The minimum absolute atomic E-state index is 0.116. The lowest BCUT2D eigenvalue weighted by Gasteiger charge is -2.03. The van der Waals surface area contributed by atoms with Crippen LogP contribution in [-0.2, 0) is 0 Å². The highest BCUT2D eigenvalue weighted by atomic mass is 19.1. The van der Waals surface area contributed by atoms with Gasteiger partial charge in [-0.2, -0.15) is 0 Å². The van der Waals surface area contributed by atoms with E-state index in [1.165, 1.54) is 25.1 Å². The lowest BCUT2D eigenvalue weighted by atomic mass is 10.1. The Kier molecular flexibility index (Phi) is 2.43. The summed E-state index contributed by atoms with van der Waals surface area (Å²) >= 11 is 0. The number of hydrogen-bond acceptors (Lipinski definition) is 2. The van der Waals surface area contributed by atoms with Gasteiger partial charge in [0.15, 0.2) is 6.29 Å². The van der Waals surface area contributed by atoms with E-state index in [4.69, 9.17) is 5.11 Å². The number of benzene rings is 1. The first-order chi connectivity index (χ1) is 5.65. The lowest BCUT2D eigenvalue weighted by Crippen LogP contribution is -1.88. The molecule has 0 saturated heterocycles. The van der Waals surface area contributed by atoms with Gasteiger partial charge in [0.05, 0.1) is 5.56 Å². The summed E-state index contributed by atoms with van der Waals surface area (Å²) in [5, 5.41) is 9.06. The molecular formula is C9H9FO2. The van der Waals surface area contributed by atoms with Gasteiger partial charge in [-0.15, -0.1) is 0 Å². The minimum Gasteiger partial charge on any atom is -0.507 e. The van der Waals surface area contributed by atoms with Gasteiger partial charge < -0.3 is 5.11 Å². The van der Waals surface area contributed by atoms with Gasteiger partial charge in [-0.1, -0.05) is 6.07 Å². The molecule has 12 heavy (non-hydrogen) atoms. The highest BCUT2D eigenvalue weighted by molar-refractivity contribution is 5.79. The fraction of sp³-hybridized carbons (Fsp3) is 0.222. The Labute approximate surface area is 69.6 Å². The van der Waals surface area contributed by atoms with Gasteiger partial charge in [0.2, 0.25) is 0 Å². The summed E-state index contributed by atoms with van der Waals surface area (Å²) in [5.74, 6) is -0.116. The van der Waals surface area contributed by atoms with Gasteiger partial charge in [-0.3, -0.25) is 4.79 Å². The summed E-state index contributed by atoms with van der Waals surface area (Å²) in [4.78, 5) is 10.3. The van der Waals surface area contributed by atoms with Crippen LogP contribution in [0.1, 0.15) is 29.0 Å². The van der Waals surface area contributed by atoms with E-state index in [2.05, 4.69) is 0 Å². The van der Waals surface area contributed by atoms with Gasteiger partial charge in [0, 0.05) is 0 Å². The van der Waals surface area contributed by atoms with E-state index in [1.54, 1.807) is 0 Å². The lowest BCUT2D eigenvalue weighted by molar-refractivity contribution is 0.112. The van der Waals surface area contributed by atoms with Crippen molar-refractivity contribution < 1.29 is 14.3 Å². The normalized spacial score (nSPS) is 12.5. The largest absolute Gasteiger partial charge is 0.507 e. The van der Waals surface area contributed by atoms with Crippen molar-refractivity contribution in [3.05, 3.63) is 29.3 Å². The quantitative estimate of drug-likeness (QED) is 0.687. The molecule has 1 aromatic carbocycles. The Morgan fingerprint density at radius 2 is 2.25 bits per heavy atom. The average molecular weight is 168 g/mol. The van der Waals surface area contributed by atoms with Crippen molar-refractivity contribution in [1.29, 1.82) is 0 Å². The predicted molar refractivity (Wildman–Crippen MR) is 43.0 cm³/mol. The van der Waals surface area contributed by atoms with E-state index < -0.39 is 6.17 Å². The molecule has 1 atom stereocenters. The second-order valence-corrected chi connectivity index (χ2v) is 2.55. The molecule has 0 fully saturated rings. The standard InChI is InChI=1S/C9H9FO2/c1-6(10)7-2-3-9(12)8(4-7)5-11/h2-6,12H,1H3. The van der Waals surface area contributed by atoms with E-state index in [0.29, 0.717) is 11.8 Å². The fourth-order valence-electron chi connectivity index (χ4n) is 0.915. The molecule has 0 saturated carbocycles. The monoisotopic (exact) mass is 168 g/mol. The number of phenolic OH excluding ortho intramolecular Hbond substituents is 1. The van der Waals surface area contributed by atoms with E-state index in [1.807, 2.05) is 0 Å². The maximum atomic E-state index is 12.7. The minimum atomic E-state index is -1.12. The van der Waals surface area contributed by atoms with Crippen molar-refractivity contribution in [2.45, 2.75) is 13.1 Å². The van der Waals surface area contributed by atoms with Crippen LogP contribution < -0.4 is 0 Å². The van der Waals surface area contributed by atoms with Gasteiger partial charge in [-0.05, 0) is 24.6 Å². The van der Waals surface area contributed by atoms with Crippen molar-refractivity contribution in [1.82, 2.24) is 0 Å². The Morgan fingerprint density at radius 3 is 2.75 bits per heavy atom. The van der Waals surface area contributed by atoms with E-state index >= 15 is 0 Å². The smallest absolute Gasteiger partial charge is 0.153 e. The average Bonchev–Trinajstić information content (AvgIpc) is 2.05. The van der Waals surface area contributed by atoms with Crippen LogP contribution >= 0.6 is 0 Å². The summed E-state index contributed by atoms with van der Waals surface area (Å²) in [6.45, 7) is 1.38. The van der Waals surface area contributed by atoms with E-state index in [0.717, 1.165) is 0 Å². The molecule has 0 amide bonds. The molecule has 0 aliphatic rings. The number of alkyl halides is 1. The maximum absolute atomic E-state index is 12.7. The molecule has 3 heteroatoms. The van der Waals surface area contributed by atoms with Crippen LogP contribution in [0.3, 0.4) is 0 Å². The number of halogens is 1. The van der Waals surface area contributed by atoms with E-state index in [9.17, 15) is 9.18 Å². The summed E-state index contributed by atoms with van der Waals surface area (Å²) in [6.07, 6.45) is -0.620. The zero-order chi connectivity index (χ0) is 9.14. The fourth-order valence-corrected chi connectivity index (χ4v) is 0.915. The molecule has 0 spiro atoms. The number of hydrogen-bond donors (Lipinski definition) is 1. The van der Waals surface area contributed by atoms with Crippen molar-refractivity contribution in [3.8, 4) is 5.75 Å². The van der Waals surface area contributed by atoms with Gasteiger partial charge in [0.1, 0.15) is 11.9 Å². The zero-order valence-corrected chi connectivity index (χ0v) is 6.62. The van der Waals surface area contributed by atoms with Gasteiger partial charge in [-0.25, -0.2) is 4.39 Å². The molecule has 1 unspecified atom stereocenters. The molecular weight excluding hydrogens is 159 g/mol. The number of aromatic hydroxyl groups is 1. The Balaban J connectivity index is 3.13. The summed E-state index contributed by atoms with van der Waals surface area (Å²) in [5.41, 5.74) is 0.520. The third kappa shape index (κ3) is 1.61. The number of rotatable bonds is 2. The Bertz CT molecular complexity index is 295. The van der Waals surface area contributed by atoms with Crippen LogP contribution in [0.4, 0.5) is 4.39 Å². The first kappa shape index (κ1) is 8.71. The number of aldehydes is 1. The van der Waals surface area contributed by atoms with Crippen LogP contribution in [0.5, 0.6) is 5.75 Å². The van der Waals surface area contributed by atoms with Crippen LogP contribution in [0.2, 0.25) is 0 Å². The van der Waals surface area contributed by atoms with Crippen molar-refractivity contribution >= 4 is 6.29 Å². The van der Waals surface area contributed by atoms with Gasteiger partial charge in [0.25, 0.3) is 0 Å².